The molecule has 5 heteroatoms. The van der Waals surface area contributed by atoms with Crippen molar-refractivity contribution in [3.05, 3.63) is 71.8 Å². The van der Waals surface area contributed by atoms with Gasteiger partial charge in [-0.05, 0) is 66.0 Å². The first kappa shape index (κ1) is 18.8. The Morgan fingerprint density at radius 1 is 1.21 bits per heavy atom. The Morgan fingerprint density at radius 2 is 2.00 bits per heavy atom. The number of nitrogens with zero attached hydrogens (tertiary/aromatic N) is 2. The molecule has 1 aromatic heterocycles. The van der Waals surface area contributed by atoms with Crippen LogP contribution in [0.5, 0.6) is 0 Å². The highest BCUT2D eigenvalue weighted by atomic mass is 19.1. The summed E-state index contributed by atoms with van der Waals surface area (Å²) in [6, 6.07) is 10.6. The number of amides is 1. The van der Waals surface area contributed by atoms with Gasteiger partial charge in [0.1, 0.15) is 5.82 Å². The molecule has 0 unspecified atom stereocenters. The number of hydrogen-bond acceptors (Lipinski definition) is 3. The predicted molar refractivity (Wildman–Crippen MR) is 108 cm³/mol. The van der Waals surface area contributed by atoms with Gasteiger partial charge in [0, 0.05) is 44.6 Å². The normalized spacial score (nSPS) is 23.7. The fourth-order valence-electron chi connectivity index (χ4n) is 4.35. The average Bonchev–Trinajstić information content (AvgIpc) is 3.17. The second kappa shape index (κ2) is 8.65. The molecule has 28 heavy (non-hydrogen) atoms. The molecule has 4 nitrogen and oxygen atoms in total. The largest absolute Gasteiger partial charge is 0.353 e. The van der Waals surface area contributed by atoms with E-state index >= 15 is 0 Å². The molecule has 2 heterocycles. The Morgan fingerprint density at radius 3 is 2.71 bits per heavy atom. The SMILES string of the molecule is O=C(/C=C/c1cccnc1)NCC[C@@H]1[C@H]2CN(CCc3ccc(F)cc3)C[C@@H]12. The van der Waals surface area contributed by atoms with E-state index in [4.69, 9.17) is 0 Å². The minimum Gasteiger partial charge on any atom is -0.353 e. The Kier molecular flexibility index (Phi) is 5.81. The highest BCUT2D eigenvalue weighted by Gasteiger charge is 2.54. The highest BCUT2D eigenvalue weighted by molar-refractivity contribution is 5.91. The van der Waals surface area contributed by atoms with Crippen LogP contribution in [0, 0.1) is 23.6 Å². The van der Waals surface area contributed by atoms with Crippen LogP contribution in [0.2, 0.25) is 0 Å². The first-order valence-electron chi connectivity index (χ1n) is 10.0. The van der Waals surface area contributed by atoms with Gasteiger partial charge in [0.15, 0.2) is 0 Å². The molecule has 1 saturated carbocycles. The van der Waals surface area contributed by atoms with Gasteiger partial charge in [-0.1, -0.05) is 18.2 Å². The van der Waals surface area contributed by atoms with Gasteiger partial charge in [0.05, 0.1) is 0 Å². The van der Waals surface area contributed by atoms with Crippen LogP contribution >= 0.6 is 0 Å². The van der Waals surface area contributed by atoms with Crippen LogP contribution in [0.4, 0.5) is 4.39 Å². The molecule has 1 saturated heterocycles. The number of nitrogens with one attached hydrogen (secondary N) is 1. The second-order valence-corrected chi connectivity index (χ2v) is 7.83. The molecule has 2 aromatic rings. The Balaban J connectivity index is 1.11. The molecular weight excluding hydrogens is 353 g/mol. The molecule has 0 bridgehead atoms. The minimum atomic E-state index is -0.173. The molecule has 1 N–H and O–H groups in total. The average molecular weight is 379 g/mol. The standard InChI is InChI=1S/C23H26FN3O/c24-19-6-3-17(4-7-19)10-13-27-15-21-20(22(21)16-27)9-12-26-23(28)8-5-18-2-1-11-25-14-18/h1-8,11,14,20-22H,9-10,12-13,15-16H2,(H,26,28)/b8-5+/t20-,21-,22+. The lowest BCUT2D eigenvalue weighted by atomic mass is 10.1. The quantitative estimate of drug-likeness (QED) is 0.717. The smallest absolute Gasteiger partial charge is 0.244 e. The van der Waals surface area contributed by atoms with Crippen LogP contribution in [0.25, 0.3) is 6.08 Å². The lowest BCUT2D eigenvalue weighted by Gasteiger charge is -2.19. The van der Waals surface area contributed by atoms with Crippen LogP contribution in [0.15, 0.2) is 54.9 Å². The van der Waals surface area contributed by atoms with Crippen LogP contribution in [-0.2, 0) is 11.2 Å². The summed E-state index contributed by atoms with van der Waals surface area (Å²) < 4.78 is 13.0. The summed E-state index contributed by atoms with van der Waals surface area (Å²) >= 11 is 0. The Labute approximate surface area is 165 Å². The maximum atomic E-state index is 13.0. The summed E-state index contributed by atoms with van der Waals surface area (Å²) in [6.45, 7) is 4.10. The molecule has 0 radical (unpaired) electrons. The molecule has 3 atom stereocenters. The van der Waals surface area contributed by atoms with Gasteiger partial charge >= 0.3 is 0 Å². The van der Waals surface area contributed by atoms with E-state index in [9.17, 15) is 9.18 Å². The lowest BCUT2D eigenvalue weighted by Crippen LogP contribution is -2.28. The molecule has 2 aliphatic rings. The number of pyridine rings is 1. The Bertz CT molecular complexity index is 810. The molecule has 4 rings (SSSR count). The summed E-state index contributed by atoms with van der Waals surface area (Å²) in [7, 11) is 0. The van der Waals surface area contributed by atoms with Crippen molar-refractivity contribution in [3.63, 3.8) is 0 Å². The van der Waals surface area contributed by atoms with Crippen molar-refractivity contribution in [2.45, 2.75) is 12.8 Å². The first-order chi connectivity index (χ1) is 13.7. The van der Waals surface area contributed by atoms with Crippen molar-refractivity contribution in [2.24, 2.45) is 17.8 Å². The molecular formula is C23H26FN3O. The second-order valence-electron chi connectivity index (χ2n) is 7.83. The third-order valence-electron chi connectivity index (χ3n) is 5.97. The van der Waals surface area contributed by atoms with E-state index < -0.39 is 0 Å². The lowest BCUT2D eigenvalue weighted by molar-refractivity contribution is -0.116. The zero-order valence-electron chi connectivity index (χ0n) is 15.9. The van der Waals surface area contributed by atoms with Crippen molar-refractivity contribution in [1.82, 2.24) is 15.2 Å². The van der Waals surface area contributed by atoms with Gasteiger partial charge in [-0.3, -0.25) is 9.78 Å². The number of rotatable bonds is 8. The molecule has 0 spiro atoms. The van der Waals surface area contributed by atoms with E-state index in [1.807, 2.05) is 24.3 Å². The van der Waals surface area contributed by atoms with Gasteiger partial charge < -0.3 is 10.2 Å². The van der Waals surface area contributed by atoms with Gasteiger partial charge in [-0.2, -0.15) is 0 Å². The number of carbonyl (C=O) groups excluding carboxylic acids is 1. The van der Waals surface area contributed by atoms with Gasteiger partial charge in [-0.15, -0.1) is 0 Å². The van der Waals surface area contributed by atoms with E-state index in [-0.39, 0.29) is 11.7 Å². The molecule has 1 aromatic carbocycles. The van der Waals surface area contributed by atoms with Crippen molar-refractivity contribution in [1.29, 1.82) is 0 Å². The highest BCUT2D eigenvalue weighted by Crippen LogP contribution is 2.53. The van der Waals surface area contributed by atoms with Crippen LogP contribution in [-0.4, -0.2) is 42.0 Å². The van der Waals surface area contributed by atoms with Crippen molar-refractivity contribution < 1.29 is 9.18 Å². The molecule has 146 valence electrons. The fourth-order valence-corrected chi connectivity index (χ4v) is 4.35. The molecule has 2 fully saturated rings. The summed E-state index contributed by atoms with van der Waals surface area (Å²) in [4.78, 5) is 18.5. The van der Waals surface area contributed by atoms with E-state index in [1.165, 1.54) is 17.7 Å². The van der Waals surface area contributed by atoms with Crippen LogP contribution < -0.4 is 5.32 Å². The van der Waals surface area contributed by atoms with Gasteiger partial charge in [-0.25, -0.2) is 4.39 Å². The third-order valence-corrected chi connectivity index (χ3v) is 5.97. The summed E-state index contributed by atoms with van der Waals surface area (Å²) in [6.07, 6.45) is 8.84. The predicted octanol–water partition coefficient (Wildman–Crippen LogP) is 3.16. The topological polar surface area (TPSA) is 45.2 Å². The zero-order chi connectivity index (χ0) is 19.3. The summed E-state index contributed by atoms with van der Waals surface area (Å²) in [5, 5.41) is 2.99. The zero-order valence-corrected chi connectivity index (χ0v) is 15.9. The van der Waals surface area contributed by atoms with E-state index in [1.54, 1.807) is 24.5 Å². The number of likely N-dealkylation sites (tertiary alicyclic amines) is 1. The minimum absolute atomic E-state index is 0.0458. The molecule has 1 aliphatic heterocycles. The number of fused-ring (bicyclic) bond motifs is 1. The number of halogens is 1. The number of piperidine rings is 1. The number of aromatic nitrogens is 1. The van der Waals surface area contributed by atoms with Crippen molar-refractivity contribution in [2.75, 3.05) is 26.2 Å². The maximum Gasteiger partial charge on any atom is 0.244 e. The number of carbonyl (C=O) groups is 1. The van der Waals surface area contributed by atoms with Crippen molar-refractivity contribution >= 4 is 12.0 Å². The Hall–Kier alpha value is -2.53. The molecule has 1 aliphatic carbocycles. The van der Waals surface area contributed by atoms with E-state index in [0.717, 1.165) is 62.3 Å². The van der Waals surface area contributed by atoms with E-state index in [2.05, 4.69) is 15.2 Å². The molecule has 1 amide bonds. The summed E-state index contributed by atoms with van der Waals surface area (Å²) in [5.74, 6) is 2.11. The number of hydrogen-bond donors (Lipinski definition) is 1. The maximum absolute atomic E-state index is 13.0. The fraction of sp³-hybridized carbons (Fsp3) is 0.391. The van der Waals surface area contributed by atoms with Crippen LogP contribution in [0.3, 0.4) is 0 Å². The van der Waals surface area contributed by atoms with Gasteiger partial charge in [0.2, 0.25) is 5.91 Å². The van der Waals surface area contributed by atoms with E-state index in [0.29, 0.717) is 0 Å². The van der Waals surface area contributed by atoms with Crippen molar-refractivity contribution in [3.8, 4) is 0 Å². The number of benzene rings is 1. The first-order valence-corrected chi connectivity index (χ1v) is 10.0. The van der Waals surface area contributed by atoms with Crippen LogP contribution in [0.1, 0.15) is 17.5 Å². The monoisotopic (exact) mass is 379 g/mol. The summed E-state index contributed by atoms with van der Waals surface area (Å²) in [5.41, 5.74) is 2.12. The third kappa shape index (κ3) is 4.84. The van der Waals surface area contributed by atoms with Gasteiger partial charge in [0.25, 0.3) is 0 Å².